The number of hydrogen-bond acceptors (Lipinski definition) is 7. The summed E-state index contributed by atoms with van der Waals surface area (Å²) in [6, 6.07) is 19.4. The fraction of sp³-hybridized carbons (Fsp3) is 0.115. The Kier molecular flexibility index (Phi) is 8.49. The molecule has 0 atom stereocenters. The normalized spacial score (nSPS) is 10.7. The number of para-hydroxylation sites is 1. The van der Waals surface area contributed by atoms with Crippen molar-refractivity contribution in [1.29, 1.82) is 0 Å². The molecule has 3 aromatic rings. The Balaban J connectivity index is 1.64. The van der Waals surface area contributed by atoms with E-state index in [2.05, 4.69) is 21.2 Å². The van der Waals surface area contributed by atoms with Crippen LogP contribution in [0.3, 0.4) is 0 Å². The van der Waals surface area contributed by atoms with Gasteiger partial charge in [0.2, 0.25) is 5.91 Å². The van der Waals surface area contributed by atoms with E-state index in [4.69, 9.17) is 9.47 Å². The molecule has 3 N–H and O–H groups in total. The van der Waals surface area contributed by atoms with Crippen LogP contribution in [0.4, 0.5) is 11.4 Å². The predicted molar refractivity (Wildman–Crippen MR) is 134 cm³/mol. The lowest BCUT2D eigenvalue weighted by molar-refractivity contribution is -0.136. The Morgan fingerprint density at radius 2 is 1.44 bits per heavy atom. The van der Waals surface area contributed by atoms with E-state index < -0.39 is 17.8 Å². The second-order valence-corrected chi connectivity index (χ2v) is 7.47. The largest absolute Gasteiger partial charge is 0.497 e. The van der Waals surface area contributed by atoms with Crippen molar-refractivity contribution in [1.82, 2.24) is 5.43 Å². The summed E-state index contributed by atoms with van der Waals surface area (Å²) < 4.78 is 10.7. The summed E-state index contributed by atoms with van der Waals surface area (Å²) in [5, 5.41) is 9.01. The third-order valence-corrected chi connectivity index (χ3v) is 4.78. The number of nitrogens with one attached hydrogen (secondary N) is 3. The fourth-order valence-corrected chi connectivity index (χ4v) is 3.04. The van der Waals surface area contributed by atoms with Gasteiger partial charge < -0.3 is 20.1 Å². The molecule has 0 radical (unpaired) electrons. The average molecular weight is 489 g/mol. The number of carbonyl (C=O) groups excluding carboxylic acids is 4. The maximum absolute atomic E-state index is 12.6. The highest BCUT2D eigenvalue weighted by atomic mass is 16.5. The van der Waals surface area contributed by atoms with Gasteiger partial charge in [0.05, 0.1) is 18.4 Å². The maximum Gasteiger partial charge on any atom is 0.343 e. The molecule has 0 aromatic heterocycles. The van der Waals surface area contributed by atoms with E-state index >= 15 is 0 Å². The SMILES string of the molecule is COc1cccc(C(=O)Oc2ccccc2/C(C)=N/NC(=O)C(=O)Nc2ccc(NC(C)=O)cc2)c1. The number of amides is 3. The zero-order chi connectivity index (χ0) is 26.1. The third-order valence-electron chi connectivity index (χ3n) is 4.78. The van der Waals surface area contributed by atoms with Crippen molar-refractivity contribution < 1.29 is 28.7 Å². The van der Waals surface area contributed by atoms with Crippen molar-refractivity contribution in [3.05, 3.63) is 83.9 Å². The number of nitrogens with zero attached hydrogens (tertiary/aromatic N) is 1. The van der Waals surface area contributed by atoms with Crippen molar-refractivity contribution in [2.24, 2.45) is 5.10 Å². The van der Waals surface area contributed by atoms with Crippen LogP contribution in [0.2, 0.25) is 0 Å². The van der Waals surface area contributed by atoms with Crippen LogP contribution in [0.1, 0.15) is 29.8 Å². The molecule has 0 unspecified atom stereocenters. The number of rotatable bonds is 7. The Morgan fingerprint density at radius 3 is 2.11 bits per heavy atom. The monoisotopic (exact) mass is 488 g/mol. The summed E-state index contributed by atoms with van der Waals surface area (Å²) in [4.78, 5) is 48.1. The van der Waals surface area contributed by atoms with Crippen molar-refractivity contribution in [3.8, 4) is 11.5 Å². The first-order valence-electron chi connectivity index (χ1n) is 10.8. The van der Waals surface area contributed by atoms with Gasteiger partial charge in [-0.25, -0.2) is 10.2 Å². The van der Waals surface area contributed by atoms with Gasteiger partial charge in [-0.2, -0.15) is 5.10 Å². The molecule has 10 heteroatoms. The van der Waals surface area contributed by atoms with Gasteiger partial charge in [-0.3, -0.25) is 14.4 Å². The van der Waals surface area contributed by atoms with Crippen LogP contribution in [0.5, 0.6) is 11.5 Å². The Hall–Kier alpha value is -4.99. The van der Waals surface area contributed by atoms with E-state index in [0.29, 0.717) is 34.0 Å². The van der Waals surface area contributed by atoms with Gasteiger partial charge in [0.25, 0.3) is 0 Å². The summed E-state index contributed by atoms with van der Waals surface area (Å²) >= 11 is 0. The summed E-state index contributed by atoms with van der Waals surface area (Å²) in [5.41, 5.74) is 4.16. The molecular weight excluding hydrogens is 464 g/mol. The number of methoxy groups -OCH3 is 1. The van der Waals surface area contributed by atoms with Crippen molar-refractivity contribution in [2.75, 3.05) is 17.7 Å². The van der Waals surface area contributed by atoms with Gasteiger partial charge in [-0.1, -0.05) is 18.2 Å². The minimum atomic E-state index is -0.994. The molecule has 0 aliphatic heterocycles. The van der Waals surface area contributed by atoms with Crippen molar-refractivity contribution in [2.45, 2.75) is 13.8 Å². The van der Waals surface area contributed by atoms with Crippen LogP contribution in [0.15, 0.2) is 77.9 Å². The molecular formula is C26H24N4O6. The van der Waals surface area contributed by atoms with Crippen LogP contribution in [0, 0.1) is 0 Å². The lowest BCUT2D eigenvalue weighted by atomic mass is 10.1. The Morgan fingerprint density at radius 1 is 0.778 bits per heavy atom. The second-order valence-electron chi connectivity index (χ2n) is 7.47. The molecule has 0 bridgehead atoms. The topological polar surface area (TPSA) is 135 Å². The molecule has 0 saturated heterocycles. The van der Waals surface area contributed by atoms with E-state index in [1.807, 2.05) is 0 Å². The van der Waals surface area contributed by atoms with Crippen LogP contribution >= 0.6 is 0 Å². The van der Waals surface area contributed by atoms with E-state index in [1.165, 1.54) is 26.2 Å². The summed E-state index contributed by atoms with van der Waals surface area (Å²) in [6.45, 7) is 2.97. The molecule has 3 amide bonds. The van der Waals surface area contributed by atoms with E-state index in [-0.39, 0.29) is 11.7 Å². The summed E-state index contributed by atoms with van der Waals surface area (Å²) in [7, 11) is 1.50. The molecule has 0 saturated carbocycles. The quantitative estimate of drug-likeness (QED) is 0.153. The predicted octanol–water partition coefficient (Wildman–Crippen LogP) is 3.35. The smallest absolute Gasteiger partial charge is 0.343 e. The molecule has 3 aromatic carbocycles. The van der Waals surface area contributed by atoms with Crippen LogP contribution in [-0.2, 0) is 14.4 Å². The number of carbonyl (C=O) groups is 4. The second kappa shape index (κ2) is 11.9. The highest BCUT2D eigenvalue weighted by molar-refractivity contribution is 6.39. The Labute approximate surface area is 207 Å². The van der Waals surface area contributed by atoms with Gasteiger partial charge >= 0.3 is 17.8 Å². The van der Waals surface area contributed by atoms with Gasteiger partial charge in [0, 0.05) is 23.9 Å². The summed E-state index contributed by atoms with van der Waals surface area (Å²) in [6.07, 6.45) is 0. The van der Waals surface area contributed by atoms with Crippen molar-refractivity contribution in [3.63, 3.8) is 0 Å². The molecule has 10 nitrogen and oxygen atoms in total. The van der Waals surface area contributed by atoms with E-state index in [1.54, 1.807) is 67.6 Å². The number of benzene rings is 3. The highest BCUT2D eigenvalue weighted by Crippen LogP contribution is 2.21. The molecule has 184 valence electrons. The first-order chi connectivity index (χ1) is 17.3. The number of ether oxygens (including phenoxy) is 2. The Bertz CT molecular complexity index is 1320. The molecule has 0 aliphatic rings. The number of hydrogen-bond donors (Lipinski definition) is 3. The number of anilines is 2. The zero-order valence-electron chi connectivity index (χ0n) is 19.8. The third kappa shape index (κ3) is 7.00. The van der Waals surface area contributed by atoms with Crippen LogP contribution in [-0.4, -0.2) is 36.5 Å². The molecule has 0 aliphatic carbocycles. The van der Waals surface area contributed by atoms with Crippen molar-refractivity contribution >= 4 is 40.8 Å². The van der Waals surface area contributed by atoms with Gasteiger partial charge in [-0.15, -0.1) is 0 Å². The number of esters is 1. The lowest BCUT2D eigenvalue weighted by Crippen LogP contribution is -2.33. The minimum absolute atomic E-state index is 0.226. The summed E-state index contributed by atoms with van der Waals surface area (Å²) in [5.74, 6) is -2.01. The van der Waals surface area contributed by atoms with E-state index in [0.717, 1.165) is 0 Å². The molecule has 0 fully saturated rings. The molecule has 0 spiro atoms. The minimum Gasteiger partial charge on any atom is -0.497 e. The fourth-order valence-electron chi connectivity index (χ4n) is 3.04. The first-order valence-corrected chi connectivity index (χ1v) is 10.8. The lowest BCUT2D eigenvalue weighted by Gasteiger charge is -2.11. The van der Waals surface area contributed by atoms with E-state index in [9.17, 15) is 19.2 Å². The molecule has 36 heavy (non-hydrogen) atoms. The first kappa shape index (κ1) is 25.6. The average Bonchev–Trinajstić information content (AvgIpc) is 2.88. The standard InChI is InChI=1S/C26H24N4O6/c1-16(29-30-25(33)24(32)28-20-13-11-19(12-14-20)27-17(2)31)22-9-4-5-10-23(22)36-26(34)18-7-6-8-21(15-18)35-3/h4-15H,1-3H3,(H,27,31)(H,28,32)(H,30,33)/b29-16+. The van der Waals surface area contributed by atoms with Gasteiger partial charge in [0.1, 0.15) is 11.5 Å². The highest BCUT2D eigenvalue weighted by Gasteiger charge is 2.16. The van der Waals surface area contributed by atoms with Crippen LogP contribution in [0.25, 0.3) is 0 Å². The number of hydrazone groups is 1. The van der Waals surface area contributed by atoms with Gasteiger partial charge in [0.15, 0.2) is 0 Å². The zero-order valence-corrected chi connectivity index (χ0v) is 19.8. The molecule has 0 heterocycles. The van der Waals surface area contributed by atoms with Crippen LogP contribution < -0.4 is 25.5 Å². The molecule has 3 rings (SSSR count). The van der Waals surface area contributed by atoms with Gasteiger partial charge in [-0.05, 0) is 61.5 Å². The maximum atomic E-state index is 12.6.